The SMILES string of the molecule is CC(O)NC(=O)c1cccc(C(=O)NC(C)O)n1. The lowest BCUT2D eigenvalue weighted by atomic mass is 10.2. The van der Waals surface area contributed by atoms with E-state index in [0.29, 0.717) is 0 Å². The Morgan fingerprint density at radius 3 is 1.78 bits per heavy atom. The summed E-state index contributed by atoms with van der Waals surface area (Å²) < 4.78 is 0. The monoisotopic (exact) mass is 253 g/mol. The Labute approximate surface area is 104 Å². The predicted octanol–water partition coefficient (Wildman–Crippen LogP) is -0.782. The summed E-state index contributed by atoms with van der Waals surface area (Å²) in [5.74, 6) is -1.17. The van der Waals surface area contributed by atoms with Gasteiger partial charge in [-0.25, -0.2) is 4.98 Å². The maximum absolute atomic E-state index is 11.5. The summed E-state index contributed by atoms with van der Waals surface area (Å²) in [6, 6.07) is 4.31. The summed E-state index contributed by atoms with van der Waals surface area (Å²) in [5.41, 5.74) is 0.0169. The van der Waals surface area contributed by atoms with Gasteiger partial charge in [-0.05, 0) is 26.0 Å². The molecule has 0 aromatic carbocycles. The zero-order valence-corrected chi connectivity index (χ0v) is 10.0. The number of nitrogens with zero attached hydrogens (tertiary/aromatic N) is 1. The van der Waals surface area contributed by atoms with Crippen molar-refractivity contribution in [2.45, 2.75) is 26.3 Å². The Balaban J connectivity index is 2.85. The highest BCUT2D eigenvalue weighted by Crippen LogP contribution is 2.00. The van der Waals surface area contributed by atoms with Crippen molar-refractivity contribution >= 4 is 11.8 Å². The van der Waals surface area contributed by atoms with Crippen LogP contribution in [0, 0.1) is 0 Å². The van der Waals surface area contributed by atoms with Gasteiger partial charge in [0.15, 0.2) is 0 Å². The number of aliphatic hydroxyl groups is 2. The second-order valence-corrected chi connectivity index (χ2v) is 3.71. The lowest BCUT2D eigenvalue weighted by molar-refractivity contribution is 0.0813. The Hall–Kier alpha value is -1.99. The van der Waals surface area contributed by atoms with Gasteiger partial charge in [0.2, 0.25) is 0 Å². The highest BCUT2D eigenvalue weighted by atomic mass is 16.3. The van der Waals surface area contributed by atoms with Crippen molar-refractivity contribution in [3.63, 3.8) is 0 Å². The molecular weight excluding hydrogens is 238 g/mol. The van der Waals surface area contributed by atoms with Crippen molar-refractivity contribution in [2.24, 2.45) is 0 Å². The molecule has 0 aliphatic rings. The zero-order valence-electron chi connectivity index (χ0n) is 10.0. The molecule has 1 heterocycles. The van der Waals surface area contributed by atoms with Crippen LogP contribution in [0.3, 0.4) is 0 Å². The molecule has 0 aliphatic carbocycles. The fraction of sp³-hybridized carbons (Fsp3) is 0.364. The Bertz CT molecular complexity index is 408. The van der Waals surface area contributed by atoms with Crippen LogP contribution in [0.5, 0.6) is 0 Å². The van der Waals surface area contributed by atoms with E-state index in [2.05, 4.69) is 15.6 Å². The van der Waals surface area contributed by atoms with E-state index in [-0.39, 0.29) is 11.4 Å². The van der Waals surface area contributed by atoms with Gasteiger partial charge < -0.3 is 20.8 Å². The van der Waals surface area contributed by atoms with Crippen LogP contribution >= 0.6 is 0 Å². The largest absolute Gasteiger partial charge is 0.374 e. The van der Waals surface area contributed by atoms with Crippen molar-refractivity contribution in [3.05, 3.63) is 29.6 Å². The molecule has 2 amide bonds. The number of hydrogen-bond acceptors (Lipinski definition) is 5. The fourth-order valence-electron chi connectivity index (χ4n) is 1.21. The van der Waals surface area contributed by atoms with E-state index in [0.717, 1.165) is 0 Å². The van der Waals surface area contributed by atoms with Crippen molar-refractivity contribution < 1.29 is 19.8 Å². The molecule has 2 unspecified atom stereocenters. The van der Waals surface area contributed by atoms with Crippen molar-refractivity contribution in [1.29, 1.82) is 0 Å². The smallest absolute Gasteiger partial charge is 0.271 e. The summed E-state index contributed by atoms with van der Waals surface area (Å²) in [4.78, 5) is 26.9. The predicted molar refractivity (Wildman–Crippen MR) is 62.5 cm³/mol. The van der Waals surface area contributed by atoms with E-state index in [1.54, 1.807) is 0 Å². The molecule has 2 atom stereocenters. The van der Waals surface area contributed by atoms with Gasteiger partial charge in [0.1, 0.15) is 23.8 Å². The van der Waals surface area contributed by atoms with Crippen LogP contribution in [0.25, 0.3) is 0 Å². The number of aromatic nitrogens is 1. The third-order valence-electron chi connectivity index (χ3n) is 1.89. The number of aliphatic hydroxyl groups excluding tert-OH is 2. The molecule has 0 spiro atoms. The normalized spacial score (nSPS) is 13.6. The molecule has 7 nitrogen and oxygen atoms in total. The average molecular weight is 253 g/mol. The lowest BCUT2D eigenvalue weighted by Gasteiger charge is -2.09. The number of hydrogen-bond donors (Lipinski definition) is 4. The number of amides is 2. The summed E-state index contributed by atoms with van der Waals surface area (Å²) in [7, 11) is 0. The number of pyridine rings is 1. The van der Waals surface area contributed by atoms with Crippen LogP contribution in [-0.2, 0) is 0 Å². The van der Waals surface area contributed by atoms with Crippen LogP contribution in [0.1, 0.15) is 34.8 Å². The number of nitrogens with one attached hydrogen (secondary N) is 2. The standard InChI is InChI=1S/C11H15N3O4/c1-6(15)12-10(17)8-4-3-5-9(14-8)11(18)13-7(2)16/h3-7,15-16H,1-2H3,(H,12,17)(H,13,18). The first-order valence-corrected chi connectivity index (χ1v) is 5.35. The van der Waals surface area contributed by atoms with Crippen LogP contribution in [0.2, 0.25) is 0 Å². The third kappa shape index (κ3) is 4.11. The molecule has 98 valence electrons. The molecule has 0 fully saturated rings. The van der Waals surface area contributed by atoms with Gasteiger partial charge in [0.25, 0.3) is 11.8 Å². The highest BCUT2D eigenvalue weighted by Gasteiger charge is 2.13. The third-order valence-corrected chi connectivity index (χ3v) is 1.89. The average Bonchev–Trinajstić information content (AvgIpc) is 2.27. The second kappa shape index (κ2) is 6.08. The number of rotatable bonds is 4. The number of carbonyl (C=O) groups is 2. The molecule has 0 radical (unpaired) electrons. The van der Waals surface area contributed by atoms with Crippen LogP contribution in [0.15, 0.2) is 18.2 Å². The van der Waals surface area contributed by atoms with Crippen molar-refractivity contribution in [1.82, 2.24) is 15.6 Å². The molecule has 0 saturated heterocycles. The molecule has 0 saturated carbocycles. The molecular formula is C11H15N3O4. The number of carbonyl (C=O) groups excluding carboxylic acids is 2. The first-order chi connectivity index (χ1) is 8.40. The summed E-state index contributed by atoms with van der Waals surface area (Å²) in [5, 5.41) is 22.5. The minimum absolute atomic E-state index is 0.00847. The first kappa shape index (κ1) is 14.1. The highest BCUT2D eigenvalue weighted by molar-refractivity contribution is 5.96. The van der Waals surface area contributed by atoms with Crippen LogP contribution in [0.4, 0.5) is 0 Å². The maximum atomic E-state index is 11.5. The Morgan fingerprint density at radius 1 is 1.06 bits per heavy atom. The van der Waals surface area contributed by atoms with E-state index >= 15 is 0 Å². The van der Waals surface area contributed by atoms with Gasteiger partial charge >= 0.3 is 0 Å². The molecule has 1 aromatic rings. The van der Waals surface area contributed by atoms with E-state index in [1.165, 1.54) is 32.0 Å². The van der Waals surface area contributed by atoms with Gasteiger partial charge in [0.05, 0.1) is 0 Å². The summed E-state index contributed by atoms with van der Waals surface area (Å²) in [6.45, 7) is 2.78. The van der Waals surface area contributed by atoms with E-state index in [4.69, 9.17) is 10.2 Å². The maximum Gasteiger partial charge on any atom is 0.271 e. The van der Waals surface area contributed by atoms with Crippen LogP contribution in [-0.4, -0.2) is 39.5 Å². The first-order valence-electron chi connectivity index (χ1n) is 5.35. The van der Waals surface area contributed by atoms with E-state index in [9.17, 15) is 9.59 Å². The van der Waals surface area contributed by atoms with E-state index < -0.39 is 24.3 Å². The molecule has 1 aromatic heterocycles. The molecule has 4 N–H and O–H groups in total. The molecule has 1 rings (SSSR count). The summed E-state index contributed by atoms with van der Waals surface area (Å²) >= 11 is 0. The Morgan fingerprint density at radius 2 is 1.44 bits per heavy atom. The fourth-order valence-corrected chi connectivity index (χ4v) is 1.21. The quantitative estimate of drug-likeness (QED) is 0.526. The Kier molecular flexibility index (Phi) is 4.75. The van der Waals surface area contributed by atoms with Crippen molar-refractivity contribution in [3.8, 4) is 0 Å². The van der Waals surface area contributed by atoms with Gasteiger partial charge in [-0.15, -0.1) is 0 Å². The van der Waals surface area contributed by atoms with Crippen LogP contribution < -0.4 is 10.6 Å². The minimum atomic E-state index is -1.01. The zero-order chi connectivity index (χ0) is 13.7. The minimum Gasteiger partial charge on any atom is -0.374 e. The second-order valence-electron chi connectivity index (χ2n) is 3.71. The molecule has 0 aliphatic heterocycles. The molecule has 18 heavy (non-hydrogen) atoms. The van der Waals surface area contributed by atoms with Gasteiger partial charge in [-0.2, -0.15) is 0 Å². The van der Waals surface area contributed by atoms with Gasteiger partial charge in [0, 0.05) is 0 Å². The summed E-state index contributed by atoms with van der Waals surface area (Å²) in [6.07, 6.45) is -2.01. The van der Waals surface area contributed by atoms with E-state index in [1.807, 2.05) is 0 Å². The lowest BCUT2D eigenvalue weighted by Crippen LogP contribution is -2.35. The topological polar surface area (TPSA) is 112 Å². The molecule has 7 heteroatoms. The van der Waals surface area contributed by atoms with Gasteiger partial charge in [-0.3, -0.25) is 9.59 Å². The van der Waals surface area contributed by atoms with Crippen molar-refractivity contribution in [2.75, 3.05) is 0 Å². The molecule has 0 bridgehead atoms. The van der Waals surface area contributed by atoms with Gasteiger partial charge in [-0.1, -0.05) is 6.07 Å².